The Hall–Kier alpha value is -4.07. The molecule has 0 fully saturated rings. The number of hydrogen-bond acceptors (Lipinski definition) is 5. The molecule has 164 valence electrons. The van der Waals surface area contributed by atoms with E-state index in [0.717, 1.165) is 17.0 Å². The third-order valence-corrected chi connectivity index (χ3v) is 5.19. The fraction of sp³-hybridized carbons (Fsp3) is 0.208. The summed E-state index contributed by atoms with van der Waals surface area (Å²) < 4.78 is 12.3. The summed E-state index contributed by atoms with van der Waals surface area (Å²) >= 11 is 0. The molecule has 0 spiro atoms. The van der Waals surface area contributed by atoms with Crippen LogP contribution in [0.3, 0.4) is 0 Å². The molecule has 4 rings (SSSR count). The van der Waals surface area contributed by atoms with Crippen LogP contribution in [0.4, 0.5) is 4.79 Å². The second-order valence-electron chi connectivity index (χ2n) is 7.23. The summed E-state index contributed by atoms with van der Waals surface area (Å²) in [5.41, 5.74) is 3.76. The summed E-state index contributed by atoms with van der Waals surface area (Å²) in [6.45, 7) is 4.17. The van der Waals surface area contributed by atoms with Crippen LogP contribution < -0.4 is 15.4 Å². The van der Waals surface area contributed by atoms with Gasteiger partial charge in [0.15, 0.2) is 0 Å². The number of allylic oxidation sites excluding steroid dienone is 1. The van der Waals surface area contributed by atoms with Gasteiger partial charge in [-0.3, -0.25) is 0 Å². The molecule has 0 aliphatic carbocycles. The van der Waals surface area contributed by atoms with E-state index in [-0.39, 0.29) is 0 Å². The van der Waals surface area contributed by atoms with Crippen LogP contribution in [0.1, 0.15) is 25.5 Å². The molecule has 0 saturated carbocycles. The highest BCUT2D eigenvalue weighted by atomic mass is 16.5. The van der Waals surface area contributed by atoms with Gasteiger partial charge in [0.25, 0.3) is 0 Å². The van der Waals surface area contributed by atoms with E-state index in [2.05, 4.69) is 10.6 Å². The summed E-state index contributed by atoms with van der Waals surface area (Å²) in [5, 5.41) is 10.3. The lowest BCUT2D eigenvalue weighted by Crippen LogP contribution is -2.45. The molecule has 2 heterocycles. The fourth-order valence-corrected chi connectivity index (χ4v) is 3.72. The zero-order valence-electron chi connectivity index (χ0n) is 18.1. The van der Waals surface area contributed by atoms with Gasteiger partial charge in [-0.1, -0.05) is 18.2 Å². The van der Waals surface area contributed by atoms with Crippen molar-refractivity contribution in [1.29, 1.82) is 0 Å². The summed E-state index contributed by atoms with van der Waals surface area (Å²) in [6.07, 6.45) is 1.83. The molecule has 0 saturated heterocycles. The first-order chi connectivity index (χ1) is 15.5. The average molecular weight is 432 g/mol. The lowest BCUT2D eigenvalue weighted by Gasteiger charge is -2.27. The quantitative estimate of drug-likeness (QED) is 0.579. The van der Waals surface area contributed by atoms with Gasteiger partial charge in [0.05, 0.1) is 36.7 Å². The number of nitrogens with one attached hydrogen (secondary N) is 2. The van der Waals surface area contributed by atoms with Crippen molar-refractivity contribution >= 4 is 12.0 Å². The monoisotopic (exact) mass is 432 g/mol. The van der Waals surface area contributed by atoms with Crippen LogP contribution in [0, 0.1) is 0 Å². The lowest BCUT2D eigenvalue weighted by atomic mass is 9.94. The number of hydrogen-bond donors (Lipinski definition) is 2. The number of methoxy groups -OCH3 is 1. The van der Waals surface area contributed by atoms with Crippen LogP contribution in [-0.4, -0.2) is 35.5 Å². The minimum absolute atomic E-state index is 0.326. The maximum atomic E-state index is 12.6. The SMILES string of the molecule is CCOc1ccc(-c2nn(-c3ccccc3)cc2C2NC(=O)NC(C)=C2C(=O)OC)cc1. The van der Waals surface area contributed by atoms with Crippen LogP contribution in [0.25, 0.3) is 16.9 Å². The van der Waals surface area contributed by atoms with E-state index >= 15 is 0 Å². The van der Waals surface area contributed by atoms with Crippen molar-refractivity contribution in [2.24, 2.45) is 0 Å². The number of urea groups is 1. The molecule has 0 bridgehead atoms. The van der Waals surface area contributed by atoms with Crippen LogP contribution in [0.15, 0.2) is 72.1 Å². The van der Waals surface area contributed by atoms with Crippen LogP contribution >= 0.6 is 0 Å². The fourth-order valence-electron chi connectivity index (χ4n) is 3.72. The van der Waals surface area contributed by atoms with E-state index in [0.29, 0.717) is 29.1 Å². The maximum absolute atomic E-state index is 12.6. The number of amides is 2. The number of nitrogens with zero attached hydrogens (tertiary/aromatic N) is 2. The van der Waals surface area contributed by atoms with Gasteiger partial charge in [0.1, 0.15) is 5.75 Å². The van der Waals surface area contributed by atoms with Crippen molar-refractivity contribution in [2.75, 3.05) is 13.7 Å². The number of carbonyl (C=O) groups is 2. The molecule has 1 atom stereocenters. The second-order valence-corrected chi connectivity index (χ2v) is 7.23. The first-order valence-corrected chi connectivity index (χ1v) is 10.3. The molecule has 8 heteroatoms. The molecule has 8 nitrogen and oxygen atoms in total. The molecule has 1 unspecified atom stereocenters. The van der Waals surface area contributed by atoms with Gasteiger partial charge in [-0.05, 0) is 50.2 Å². The number of para-hydroxylation sites is 1. The van der Waals surface area contributed by atoms with E-state index in [9.17, 15) is 9.59 Å². The van der Waals surface area contributed by atoms with Gasteiger partial charge in [0, 0.05) is 23.0 Å². The Morgan fingerprint density at radius 1 is 1.12 bits per heavy atom. The van der Waals surface area contributed by atoms with Gasteiger partial charge >= 0.3 is 12.0 Å². The average Bonchev–Trinajstić information content (AvgIpc) is 3.25. The molecular weight excluding hydrogens is 408 g/mol. The summed E-state index contributed by atoms with van der Waals surface area (Å²) in [6, 6.07) is 16.1. The standard InChI is InChI=1S/C24H24N4O4/c1-4-32-18-12-10-16(11-13-18)21-19(14-28(27-21)17-8-6-5-7-9-17)22-20(23(29)31-3)15(2)25-24(30)26-22/h5-14,22H,4H2,1-3H3,(H2,25,26,30). The highest BCUT2D eigenvalue weighted by Crippen LogP contribution is 2.35. The van der Waals surface area contributed by atoms with Crippen LogP contribution in [0.5, 0.6) is 5.75 Å². The summed E-state index contributed by atoms with van der Waals surface area (Å²) in [4.78, 5) is 24.9. The van der Waals surface area contributed by atoms with Gasteiger partial charge in [-0.15, -0.1) is 0 Å². The smallest absolute Gasteiger partial charge is 0.337 e. The predicted octanol–water partition coefficient (Wildman–Crippen LogP) is 3.74. The molecule has 2 aromatic carbocycles. The molecule has 1 aromatic heterocycles. The molecule has 3 aromatic rings. The minimum atomic E-state index is -0.727. The Labute approximate surface area is 185 Å². The van der Waals surface area contributed by atoms with Crippen molar-refractivity contribution in [3.8, 4) is 22.7 Å². The second kappa shape index (κ2) is 8.97. The van der Waals surface area contributed by atoms with Crippen molar-refractivity contribution < 1.29 is 19.1 Å². The number of rotatable bonds is 6. The molecule has 0 radical (unpaired) electrons. The first-order valence-electron chi connectivity index (χ1n) is 10.3. The Bertz CT molecular complexity index is 1170. The maximum Gasteiger partial charge on any atom is 0.337 e. The predicted molar refractivity (Wildman–Crippen MR) is 119 cm³/mol. The summed E-state index contributed by atoms with van der Waals surface area (Å²) in [5.74, 6) is 0.228. The normalized spacial score (nSPS) is 15.7. The van der Waals surface area contributed by atoms with Crippen LogP contribution in [0.2, 0.25) is 0 Å². The van der Waals surface area contributed by atoms with Gasteiger partial charge in [0.2, 0.25) is 0 Å². The Balaban J connectivity index is 1.88. The highest BCUT2D eigenvalue weighted by molar-refractivity contribution is 5.95. The van der Waals surface area contributed by atoms with E-state index in [1.807, 2.05) is 67.7 Å². The zero-order chi connectivity index (χ0) is 22.7. The first kappa shape index (κ1) is 21.2. The van der Waals surface area contributed by atoms with Crippen molar-refractivity contribution in [3.63, 3.8) is 0 Å². The molecule has 1 aliphatic heterocycles. The Morgan fingerprint density at radius 2 is 1.84 bits per heavy atom. The number of benzene rings is 2. The highest BCUT2D eigenvalue weighted by Gasteiger charge is 2.35. The number of ether oxygens (including phenoxy) is 2. The Kier molecular flexibility index (Phi) is 5.93. The molecule has 1 aliphatic rings. The number of esters is 1. The van der Waals surface area contributed by atoms with Gasteiger partial charge < -0.3 is 20.1 Å². The molecule has 2 amide bonds. The van der Waals surface area contributed by atoms with E-state index < -0.39 is 18.0 Å². The third-order valence-electron chi connectivity index (χ3n) is 5.19. The Morgan fingerprint density at radius 3 is 2.50 bits per heavy atom. The minimum Gasteiger partial charge on any atom is -0.494 e. The number of carbonyl (C=O) groups excluding carboxylic acids is 2. The third kappa shape index (κ3) is 4.07. The van der Waals surface area contributed by atoms with Crippen molar-refractivity contribution in [2.45, 2.75) is 19.9 Å². The zero-order valence-corrected chi connectivity index (χ0v) is 18.1. The molecular formula is C24H24N4O4. The van der Waals surface area contributed by atoms with E-state index in [4.69, 9.17) is 14.6 Å². The van der Waals surface area contributed by atoms with E-state index in [1.54, 1.807) is 11.6 Å². The van der Waals surface area contributed by atoms with E-state index in [1.165, 1.54) is 7.11 Å². The van der Waals surface area contributed by atoms with Crippen LogP contribution in [-0.2, 0) is 9.53 Å². The van der Waals surface area contributed by atoms with Gasteiger partial charge in [-0.25, -0.2) is 14.3 Å². The van der Waals surface area contributed by atoms with Crippen molar-refractivity contribution in [3.05, 3.63) is 77.6 Å². The topological polar surface area (TPSA) is 94.5 Å². The largest absolute Gasteiger partial charge is 0.494 e. The van der Waals surface area contributed by atoms with Crippen molar-refractivity contribution in [1.82, 2.24) is 20.4 Å². The number of aromatic nitrogens is 2. The van der Waals surface area contributed by atoms with Gasteiger partial charge in [-0.2, -0.15) is 5.10 Å². The summed E-state index contributed by atoms with van der Waals surface area (Å²) in [7, 11) is 1.32. The molecule has 32 heavy (non-hydrogen) atoms. The lowest BCUT2D eigenvalue weighted by molar-refractivity contribution is -0.136. The molecule has 2 N–H and O–H groups in total.